The Bertz CT molecular complexity index is 575. The van der Waals surface area contributed by atoms with Gasteiger partial charge in [-0.1, -0.05) is 0 Å². The number of carbonyl (C=O) groups excluding carboxylic acids is 1. The number of amides is 1. The van der Waals surface area contributed by atoms with E-state index in [1.54, 1.807) is 12.0 Å². The number of carboxylic acid groups (broad SMARTS) is 1. The van der Waals surface area contributed by atoms with Gasteiger partial charge in [0.05, 0.1) is 16.6 Å². The van der Waals surface area contributed by atoms with E-state index in [9.17, 15) is 19.7 Å². The van der Waals surface area contributed by atoms with Crippen LogP contribution in [0.1, 0.15) is 33.6 Å². The second-order valence-corrected chi connectivity index (χ2v) is 5.06. The van der Waals surface area contributed by atoms with E-state index >= 15 is 0 Å². The fraction of sp³-hybridized carbons (Fsp3) is 0.429. The van der Waals surface area contributed by atoms with Gasteiger partial charge in [-0.25, -0.2) is 4.79 Å². The lowest BCUT2D eigenvalue weighted by Gasteiger charge is -2.31. The number of benzene rings is 1. The average Bonchev–Trinajstić information content (AvgIpc) is 2.53. The van der Waals surface area contributed by atoms with E-state index in [1.807, 2.05) is 0 Å². The first kappa shape index (κ1) is 15.9. The van der Waals surface area contributed by atoms with Crippen LogP contribution < -0.4 is 0 Å². The zero-order valence-electron chi connectivity index (χ0n) is 12.0. The van der Waals surface area contributed by atoms with Crippen molar-refractivity contribution < 1.29 is 24.4 Å². The molecule has 0 radical (unpaired) electrons. The van der Waals surface area contributed by atoms with Crippen LogP contribution in [-0.4, -0.2) is 53.1 Å². The molecule has 1 N–H and O–H groups in total. The van der Waals surface area contributed by atoms with E-state index in [0.29, 0.717) is 25.9 Å². The molecule has 22 heavy (non-hydrogen) atoms. The van der Waals surface area contributed by atoms with E-state index in [-0.39, 0.29) is 17.2 Å². The number of nitro benzene ring substituents is 1. The van der Waals surface area contributed by atoms with Gasteiger partial charge in [0.2, 0.25) is 0 Å². The normalized spacial score (nSPS) is 15.6. The largest absolute Gasteiger partial charge is 0.478 e. The molecule has 118 valence electrons. The lowest BCUT2D eigenvalue weighted by molar-refractivity contribution is -0.384. The molecular formula is C14H16N2O6. The first-order valence-electron chi connectivity index (χ1n) is 6.77. The standard InChI is InChI=1S/C14H16N2O6/c1-22-12-2-4-15(5-3-12)13(17)9-6-10(14(18)19)8-11(7-9)16(20)21/h6-8,12H,2-5H2,1H3,(H,18,19). The lowest BCUT2D eigenvalue weighted by atomic mass is 10.0. The molecule has 0 saturated carbocycles. The molecule has 0 aliphatic carbocycles. The SMILES string of the molecule is COC1CCN(C(=O)c2cc(C(=O)O)cc([N+](=O)[O-])c2)CC1. The molecule has 0 aromatic heterocycles. The van der Waals surface area contributed by atoms with Crippen molar-refractivity contribution in [2.45, 2.75) is 18.9 Å². The number of likely N-dealkylation sites (tertiary alicyclic amines) is 1. The lowest BCUT2D eigenvalue weighted by Crippen LogP contribution is -2.40. The number of carboxylic acids is 1. The maximum absolute atomic E-state index is 12.4. The van der Waals surface area contributed by atoms with Gasteiger partial charge >= 0.3 is 5.97 Å². The Hall–Kier alpha value is -2.48. The number of piperidine rings is 1. The topological polar surface area (TPSA) is 110 Å². The van der Waals surface area contributed by atoms with E-state index < -0.39 is 22.5 Å². The number of methoxy groups -OCH3 is 1. The van der Waals surface area contributed by atoms with Crippen LogP contribution in [0.3, 0.4) is 0 Å². The predicted molar refractivity (Wildman–Crippen MR) is 76.0 cm³/mol. The van der Waals surface area contributed by atoms with Crippen molar-refractivity contribution in [3.05, 3.63) is 39.4 Å². The summed E-state index contributed by atoms with van der Waals surface area (Å²) >= 11 is 0. The second kappa shape index (κ2) is 6.52. The van der Waals surface area contributed by atoms with Crippen molar-refractivity contribution in [2.75, 3.05) is 20.2 Å². The van der Waals surface area contributed by atoms with Gasteiger partial charge < -0.3 is 14.7 Å². The van der Waals surface area contributed by atoms with Gasteiger partial charge in [-0.3, -0.25) is 14.9 Å². The van der Waals surface area contributed by atoms with E-state index in [4.69, 9.17) is 9.84 Å². The summed E-state index contributed by atoms with van der Waals surface area (Å²) in [4.78, 5) is 35.2. The molecule has 0 atom stereocenters. The van der Waals surface area contributed by atoms with Crippen LogP contribution in [0.4, 0.5) is 5.69 Å². The highest BCUT2D eigenvalue weighted by molar-refractivity contribution is 5.98. The highest BCUT2D eigenvalue weighted by atomic mass is 16.6. The van der Waals surface area contributed by atoms with Gasteiger partial charge in [-0.05, 0) is 18.9 Å². The molecule has 2 rings (SSSR count). The third-order valence-electron chi connectivity index (χ3n) is 3.69. The summed E-state index contributed by atoms with van der Waals surface area (Å²) in [7, 11) is 1.61. The van der Waals surface area contributed by atoms with Crippen LogP contribution in [-0.2, 0) is 4.74 Å². The first-order chi connectivity index (χ1) is 10.4. The average molecular weight is 308 g/mol. The van der Waals surface area contributed by atoms with Crippen molar-refractivity contribution in [1.29, 1.82) is 0 Å². The molecule has 8 heteroatoms. The summed E-state index contributed by atoms with van der Waals surface area (Å²) in [5.41, 5.74) is -0.665. The summed E-state index contributed by atoms with van der Waals surface area (Å²) < 4.78 is 5.22. The number of aromatic carboxylic acids is 1. The van der Waals surface area contributed by atoms with Crippen LogP contribution >= 0.6 is 0 Å². The maximum Gasteiger partial charge on any atom is 0.335 e. The van der Waals surface area contributed by atoms with Crippen molar-refractivity contribution in [1.82, 2.24) is 4.90 Å². The minimum atomic E-state index is -1.31. The van der Waals surface area contributed by atoms with Gasteiger partial charge in [0.15, 0.2) is 0 Å². The zero-order valence-corrected chi connectivity index (χ0v) is 12.0. The number of nitro groups is 1. The molecule has 1 saturated heterocycles. The molecule has 0 bridgehead atoms. The number of hydrogen-bond acceptors (Lipinski definition) is 5. The van der Waals surface area contributed by atoms with Crippen LogP contribution in [0.2, 0.25) is 0 Å². The number of ether oxygens (including phenoxy) is 1. The quantitative estimate of drug-likeness (QED) is 0.667. The Kier molecular flexibility index (Phi) is 4.71. The third kappa shape index (κ3) is 3.40. The summed E-state index contributed by atoms with van der Waals surface area (Å²) in [6.45, 7) is 0.949. The summed E-state index contributed by atoms with van der Waals surface area (Å²) in [6, 6.07) is 3.22. The van der Waals surface area contributed by atoms with E-state index in [0.717, 1.165) is 12.1 Å². The maximum atomic E-state index is 12.4. The van der Waals surface area contributed by atoms with Crippen LogP contribution in [0.5, 0.6) is 0 Å². The predicted octanol–water partition coefficient (Wildman–Crippen LogP) is 1.54. The minimum absolute atomic E-state index is 0.0162. The highest BCUT2D eigenvalue weighted by Crippen LogP contribution is 2.21. The molecule has 1 heterocycles. The monoisotopic (exact) mass is 308 g/mol. The number of nitrogens with zero attached hydrogens (tertiary/aromatic N) is 2. The number of rotatable bonds is 4. The molecule has 1 amide bonds. The molecule has 1 aliphatic heterocycles. The molecule has 8 nitrogen and oxygen atoms in total. The summed E-state index contributed by atoms with van der Waals surface area (Å²) in [6.07, 6.45) is 1.47. The van der Waals surface area contributed by atoms with Gasteiger partial charge in [-0.2, -0.15) is 0 Å². The summed E-state index contributed by atoms with van der Waals surface area (Å²) in [5, 5.41) is 19.9. The van der Waals surface area contributed by atoms with E-state index in [1.165, 1.54) is 6.07 Å². The first-order valence-corrected chi connectivity index (χ1v) is 6.77. The van der Waals surface area contributed by atoms with Crippen molar-refractivity contribution in [3.63, 3.8) is 0 Å². The highest BCUT2D eigenvalue weighted by Gasteiger charge is 2.25. The fourth-order valence-electron chi connectivity index (χ4n) is 2.44. The Morgan fingerprint density at radius 3 is 2.36 bits per heavy atom. The molecular weight excluding hydrogens is 292 g/mol. The van der Waals surface area contributed by atoms with Crippen molar-refractivity contribution in [2.24, 2.45) is 0 Å². The zero-order chi connectivity index (χ0) is 16.3. The van der Waals surface area contributed by atoms with Crippen molar-refractivity contribution in [3.8, 4) is 0 Å². The van der Waals surface area contributed by atoms with Gasteiger partial charge in [0.25, 0.3) is 11.6 Å². The fourth-order valence-corrected chi connectivity index (χ4v) is 2.44. The number of carbonyl (C=O) groups is 2. The second-order valence-electron chi connectivity index (χ2n) is 5.06. The molecule has 0 spiro atoms. The Morgan fingerprint density at radius 1 is 1.27 bits per heavy atom. The molecule has 1 aromatic carbocycles. The molecule has 1 fully saturated rings. The summed E-state index contributed by atoms with van der Waals surface area (Å²) in [5.74, 6) is -1.71. The smallest absolute Gasteiger partial charge is 0.335 e. The van der Waals surface area contributed by atoms with Gasteiger partial charge in [0.1, 0.15) is 0 Å². The number of non-ortho nitro benzene ring substituents is 1. The van der Waals surface area contributed by atoms with Gasteiger partial charge in [0, 0.05) is 37.9 Å². The Morgan fingerprint density at radius 2 is 1.86 bits per heavy atom. The molecule has 1 aromatic rings. The van der Waals surface area contributed by atoms with Crippen LogP contribution in [0, 0.1) is 10.1 Å². The van der Waals surface area contributed by atoms with E-state index in [2.05, 4.69) is 0 Å². The van der Waals surface area contributed by atoms with Crippen LogP contribution in [0.25, 0.3) is 0 Å². The Balaban J connectivity index is 2.25. The minimum Gasteiger partial charge on any atom is -0.478 e. The third-order valence-corrected chi connectivity index (χ3v) is 3.69. The Labute approximate surface area is 126 Å². The van der Waals surface area contributed by atoms with Crippen molar-refractivity contribution >= 4 is 17.6 Å². The number of hydrogen-bond donors (Lipinski definition) is 1. The van der Waals surface area contributed by atoms with Crippen LogP contribution in [0.15, 0.2) is 18.2 Å². The molecule has 0 unspecified atom stereocenters. The van der Waals surface area contributed by atoms with Gasteiger partial charge in [-0.15, -0.1) is 0 Å². The molecule has 1 aliphatic rings.